The van der Waals surface area contributed by atoms with Gasteiger partial charge in [0.05, 0.1) is 0 Å². The molecule has 0 aliphatic carbocycles. The van der Waals surface area contributed by atoms with Crippen LogP contribution >= 0.6 is 0 Å². The van der Waals surface area contributed by atoms with Crippen molar-refractivity contribution in [2.24, 2.45) is 0 Å². The maximum Gasteiger partial charge on any atom is 0.316 e. The first-order chi connectivity index (χ1) is 11.7. The highest BCUT2D eigenvalue weighted by atomic mass is 19.3. The van der Waals surface area contributed by atoms with E-state index in [1.54, 1.807) is 0 Å². The van der Waals surface area contributed by atoms with Crippen LogP contribution in [0.4, 0.5) is 8.78 Å². The molecule has 0 bridgehead atoms. The summed E-state index contributed by atoms with van der Waals surface area (Å²) in [6, 6.07) is 7.77. The number of benzene rings is 1. The van der Waals surface area contributed by atoms with Gasteiger partial charge in [-0.25, -0.2) is 18.7 Å². The molecular weight excluding hydrogens is 328 g/mol. The molecule has 1 amide bonds. The standard InChI is InChI=1S/C18H21F2N3O2/c1-12(23-13(2)24)8-14-4-6-15(7-5-14)16-9-21-17(22-10-16)25-11-18(3,19)20/h4-7,9-10,12H,8,11H2,1-3H3,(H,23,24). The molecule has 0 aliphatic rings. The number of halogens is 2. The molecule has 7 heteroatoms. The number of ether oxygens (including phenoxy) is 1. The number of hydrogen-bond donors (Lipinski definition) is 1. The van der Waals surface area contributed by atoms with E-state index in [4.69, 9.17) is 4.74 Å². The van der Waals surface area contributed by atoms with Crippen molar-refractivity contribution in [2.45, 2.75) is 39.2 Å². The summed E-state index contributed by atoms with van der Waals surface area (Å²) in [5, 5.41) is 2.84. The lowest BCUT2D eigenvalue weighted by atomic mass is 10.0. The van der Waals surface area contributed by atoms with Gasteiger partial charge in [-0.1, -0.05) is 24.3 Å². The smallest absolute Gasteiger partial charge is 0.316 e. The molecular formula is C18H21F2N3O2. The zero-order valence-electron chi connectivity index (χ0n) is 14.4. The Hall–Kier alpha value is -2.57. The van der Waals surface area contributed by atoms with E-state index in [0.717, 1.165) is 30.0 Å². The highest BCUT2D eigenvalue weighted by Crippen LogP contribution is 2.20. The number of aromatic nitrogens is 2. The minimum Gasteiger partial charge on any atom is -0.457 e. The first kappa shape index (κ1) is 18.8. The third kappa shape index (κ3) is 6.45. The SMILES string of the molecule is CC(=O)NC(C)Cc1ccc(-c2cnc(OCC(C)(F)F)nc2)cc1. The summed E-state index contributed by atoms with van der Waals surface area (Å²) in [6.07, 6.45) is 3.80. The van der Waals surface area contributed by atoms with Crippen molar-refractivity contribution in [1.29, 1.82) is 0 Å². The molecule has 1 aromatic heterocycles. The van der Waals surface area contributed by atoms with Crippen molar-refractivity contribution < 1.29 is 18.3 Å². The Morgan fingerprint density at radius 1 is 1.20 bits per heavy atom. The number of nitrogens with zero attached hydrogens (tertiary/aromatic N) is 2. The second kappa shape index (κ2) is 8.00. The van der Waals surface area contributed by atoms with E-state index in [9.17, 15) is 13.6 Å². The summed E-state index contributed by atoms with van der Waals surface area (Å²) in [5.74, 6) is -2.98. The number of carbonyl (C=O) groups is 1. The molecule has 0 saturated heterocycles. The summed E-state index contributed by atoms with van der Waals surface area (Å²) < 4.78 is 30.3. The first-order valence-electron chi connectivity index (χ1n) is 7.92. The van der Waals surface area contributed by atoms with Crippen LogP contribution in [0.5, 0.6) is 6.01 Å². The molecule has 0 fully saturated rings. The normalized spacial score (nSPS) is 12.5. The summed E-state index contributed by atoms with van der Waals surface area (Å²) in [7, 11) is 0. The van der Waals surface area contributed by atoms with Gasteiger partial charge >= 0.3 is 6.01 Å². The van der Waals surface area contributed by atoms with Crippen molar-refractivity contribution in [3.05, 3.63) is 42.2 Å². The number of alkyl halides is 2. The van der Waals surface area contributed by atoms with E-state index in [2.05, 4.69) is 15.3 Å². The van der Waals surface area contributed by atoms with Crippen LogP contribution < -0.4 is 10.1 Å². The van der Waals surface area contributed by atoms with Crippen LogP contribution in [0.3, 0.4) is 0 Å². The van der Waals surface area contributed by atoms with Gasteiger partial charge in [0.2, 0.25) is 5.91 Å². The van der Waals surface area contributed by atoms with Gasteiger partial charge in [-0.15, -0.1) is 0 Å². The van der Waals surface area contributed by atoms with Crippen LogP contribution in [0.25, 0.3) is 11.1 Å². The van der Waals surface area contributed by atoms with Crippen LogP contribution in [0.1, 0.15) is 26.3 Å². The van der Waals surface area contributed by atoms with E-state index in [1.807, 2.05) is 31.2 Å². The van der Waals surface area contributed by atoms with Crippen LogP contribution in [-0.2, 0) is 11.2 Å². The van der Waals surface area contributed by atoms with Crippen molar-refractivity contribution >= 4 is 5.91 Å². The Labute approximate surface area is 145 Å². The molecule has 1 heterocycles. The van der Waals surface area contributed by atoms with Gasteiger partial charge in [0.25, 0.3) is 5.92 Å². The van der Waals surface area contributed by atoms with E-state index in [-0.39, 0.29) is 18.0 Å². The lowest BCUT2D eigenvalue weighted by Crippen LogP contribution is -2.31. The fraction of sp³-hybridized carbons (Fsp3) is 0.389. The highest BCUT2D eigenvalue weighted by Gasteiger charge is 2.22. The third-order valence-electron chi connectivity index (χ3n) is 3.36. The van der Waals surface area contributed by atoms with Crippen LogP contribution in [-0.4, -0.2) is 34.4 Å². The molecule has 0 spiro atoms. The molecule has 25 heavy (non-hydrogen) atoms. The van der Waals surface area contributed by atoms with Crippen LogP contribution in [0.2, 0.25) is 0 Å². The summed E-state index contributed by atoms with van der Waals surface area (Å²) in [5.41, 5.74) is 2.76. The predicted molar refractivity (Wildman–Crippen MR) is 90.6 cm³/mol. The lowest BCUT2D eigenvalue weighted by Gasteiger charge is -2.13. The molecule has 1 atom stereocenters. The summed E-state index contributed by atoms with van der Waals surface area (Å²) in [6.45, 7) is 3.46. The van der Waals surface area contributed by atoms with E-state index < -0.39 is 12.5 Å². The number of nitrogens with one attached hydrogen (secondary N) is 1. The molecule has 134 valence electrons. The Bertz CT molecular complexity index is 698. The number of hydrogen-bond acceptors (Lipinski definition) is 4. The average molecular weight is 349 g/mol. The molecule has 1 N–H and O–H groups in total. The second-order valence-corrected chi connectivity index (χ2v) is 6.12. The van der Waals surface area contributed by atoms with Crippen LogP contribution in [0, 0.1) is 0 Å². The Morgan fingerprint density at radius 2 is 1.80 bits per heavy atom. The number of rotatable bonds is 7. The maximum atomic E-state index is 12.7. The number of carbonyl (C=O) groups excluding carboxylic acids is 1. The quantitative estimate of drug-likeness (QED) is 0.833. The van der Waals surface area contributed by atoms with Gasteiger partial charge in [0.15, 0.2) is 6.61 Å². The largest absolute Gasteiger partial charge is 0.457 e. The molecule has 2 rings (SSSR count). The highest BCUT2D eigenvalue weighted by molar-refractivity contribution is 5.73. The first-order valence-corrected chi connectivity index (χ1v) is 7.92. The zero-order valence-corrected chi connectivity index (χ0v) is 14.4. The Kier molecular flexibility index (Phi) is 6.01. The van der Waals surface area contributed by atoms with Gasteiger partial charge in [0, 0.05) is 37.8 Å². The van der Waals surface area contributed by atoms with Gasteiger partial charge in [0.1, 0.15) is 0 Å². The van der Waals surface area contributed by atoms with Crippen molar-refractivity contribution in [3.8, 4) is 17.1 Å². The average Bonchev–Trinajstić information content (AvgIpc) is 2.53. The maximum absolute atomic E-state index is 12.7. The number of amides is 1. The second-order valence-electron chi connectivity index (χ2n) is 6.12. The van der Waals surface area contributed by atoms with E-state index >= 15 is 0 Å². The van der Waals surface area contributed by atoms with Crippen LogP contribution in [0.15, 0.2) is 36.7 Å². The van der Waals surface area contributed by atoms with Crippen molar-refractivity contribution in [3.63, 3.8) is 0 Å². The summed E-state index contributed by atoms with van der Waals surface area (Å²) in [4.78, 5) is 18.9. The van der Waals surface area contributed by atoms with Gasteiger partial charge in [-0.3, -0.25) is 4.79 Å². The van der Waals surface area contributed by atoms with Gasteiger partial charge < -0.3 is 10.1 Å². The van der Waals surface area contributed by atoms with Gasteiger partial charge in [-0.2, -0.15) is 0 Å². The Balaban J connectivity index is 1.98. The Morgan fingerprint density at radius 3 is 2.32 bits per heavy atom. The summed E-state index contributed by atoms with van der Waals surface area (Å²) >= 11 is 0. The fourth-order valence-electron chi connectivity index (χ4n) is 2.32. The van der Waals surface area contributed by atoms with Crippen molar-refractivity contribution in [2.75, 3.05) is 6.61 Å². The predicted octanol–water partition coefficient (Wildman–Crippen LogP) is 3.24. The molecule has 0 saturated carbocycles. The van der Waals surface area contributed by atoms with Gasteiger partial charge in [-0.05, 0) is 24.5 Å². The molecule has 1 unspecified atom stereocenters. The topological polar surface area (TPSA) is 64.1 Å². The lowest BCUT2D eigenvalue weighted by molar-refractivity contribution is -0.119. The van der Waals surface area contributed by atoms with E-state index in [0.29, 0.717) is 0 Å². The minimum absolute atomic E-state index is 0.0515. The van der Waals surface area contributed by atoms with E-state index in [1.165, 1.54) is 19.3 Å². The molecule has 5 nitrogen and oxygen atoms in total. The fourth-order valence-corrected chi connectivity index (χ4v) is 2.32. The molecule has 1 aromatic carbocycles. The monoisotopic (exact) mass is 349 g/mol. The molecule has 2 aromatic rings. The molecule has 0 aliphatic heterocycles. The molecule has 0 radical (unpaired) electrons. The minimum atomic E-state index is -2.92. The third-order valence-corrected chi connectivity index (χ3v) is 3.36. The van der Waals surface area contributed by atoms with Crippen molar-refractivity contribution in [1.82, 2.24) is 15.3 Å². The zero-order chi connectivity index (χ0) is 18.4.